The summed E-state index contributed by atoms with van der Waals surface area (Å²) in [5.41, 5.74) is 0.665. The summed E-state index contributed by atoms with van der Waals surface area (Å²) in [5.74, 6) is 0.239. The molecule has 0 aromatic heterocycles. The largest absolute Gasteiger partial charge is 0.490 e. The van der Waals surface area contributed by atoms with Gasteiger partial charge in [0.05, 0.1) is 13.2 Å². The molecule has 1 aliphatic heterocycles. The molecule has 1 aromatic rings. The zero-order valence-corrected chi connectivity index (χ0v) is 16.4. The van der Waals surface area contributed by atoms with E-state index < -0.39 is 11.8 Å². The van der Waals surface area contributed by atoms with Crippen LogP contribution in [0.3, 0.4) is 0 Å². The molecule has 6 nitrogen and oxygen atoms in total. The molecule has 1 aliphatic rings. The molecule has 1 aromatic carbocycles. The van der Waals surface area contributed by atoms with Gasteiger partial charge in [-0.3, -0.25) is 19.8 Å². The number of nitrogens with one attached hydrogen (secondary N) is 1. The quantitative estimate of drug-likeness (QED) is 0.232. The summed E-state index contributed by atoms with van der Waals surface area (Å²) < 4.78 is 11.4. The van der Waals surface area contributed by atoms with Crippen molar-refractivity contribution >= 4 is 35.2 Å². The normalized spacial score (nSPS) is 15.7. The Morgan fingerprint density at radius 3 is 2.67 bits per heavy atom. The molecule has 1 N–H and O–H groups in total. The Morgan fingerprint density at radius 2 is 2.00 bits per heavy atom. The fourth-order valence-corrected chi connectivity index (χ4v) is 2.73. The fourth-order valence-electron chi connectivity index (χ4n) is 2.48. The average molecular weight is 388 g/mol. The highest BCUT2D eigenvalue weighted by Gasteiger charge is 2.32. The predicted molar refractivity (Wildman–Crippen MR) is 109 cm³/mol. The van der Waals surface area contributed by atoms with E-state index in [0.29, 0.717) is 30.3 Å². The van der Waals surface area contributed by atoms with E-state index in [-0.39, 0.29) is 17.2 Å². The number of benzene rings is 1. The number of carbonyl (C=O) groups is 2. The first-order valence-electron chi connectivity index (χ1n) is 8.91. The van der Waals surface area contributed by atoms with E-state index in [4.69, 9.17) is 21.7 Å². The van der Waals surface area contributed by atoms with Gasteiger partial charge in [-0.05, 0) is 49.3 Å². The Balaban J connectivity index is 2.31. The fraction of sp³-hybridized carbons (Fsp3) is 0.350. The van der Waals surface area contributed by atoms with Gasteiger partial charge in [-0.25, -0.2) is 0 Å². The van der Waals surface area contributed by atoms with E-state index in [2.05, 4.69) is 18.8 Å². The Kier molecular flexibility index (Phi) is 7.55. The Bertz CT molecular complexity index is 773. The van der Waals surface area contributed by atoms with Crippen LogP contribution in [-0.4, -0.2) is 41.6 Å². The minimum atomic E-state index is -0.522. The number of hydrogen-bond acceptors (Lipinski definition) is 5. The van der Waals surface area contributed by atoms with Crippen molar-refractivity contribution in [2.45, 2.75) is 26.7 Å². The first-order valence-corrected chi connectivity index (χ1v) is 9.32. The maximum Gasteiger partial charge on any atom is 0.265 e. The second-order valence-corrected chi connectivity index (χ2v) is 6.25. The van der Waals surface area contributed by atoms with Crippen LogP contribution in [0.15, 0.2) is 36.4 Å². The SMILES string of the molecule is C=CCN1C(=O)/C(=C/c2ccc(OCCCC)c(OCC)c2)C(=O)NC1=S. The monoisotopic (exact) mass is 388 g/mol. The molecule has 1 heterocycles. The van der Waals surface area contributed by atoms with Crippen molar-refractivity contribution in [3.05, 3.63) is 42.0 Å². The third kappa shape index (κ3) is 5.17. The van der Waals surface area contributed by atoms with Gasteiger partial charge in [0.15, 0.2) is 16.6 Å². The van der Waals surface area contributed by atoms with Gasteiger partial charge in [0.2, 0.25) is 0 Å². The van der Waals surface area contributed by atoms with Crippen LogP contribution in [-0.2, 0) is 9.59 Å². The summed E-state index contributed by atoms with van der Waals surface area (Å²) in [4.78, 5) is 26.1. The number of carbonyl (C=O) groups excluding carboxylic acids is 2. The summed E-state index contributed by atoms with van der Waals surface area (Å²) in [6, 6.07) is 5.32. The molecule has 144 valence electrons. The van der Waals surface area contributed by atoms with E-state index in [1.54, 1.807) is 24.3 Å². The molecule has 1 fully saturated rings. The summed E-state index contributed by atoms with van der Waals surface area (Å²) in [6.07, 6.45) is 5.06. The van der Waals surface area contributed by atoms with Crippen LogP contribution in [0.1, 0.15) is 32.3 Å². The van der Waals surface area contributed by atoms with Crippen molar-refractivity contribution < 1.29 is 19.1 Å². The summed E-state index contributed by atoms with van der Waals surface area (Å²) in [7, 11) is 0. The molecule has 0 atom stereocenters. The third-order valence-corrected chi connectivity index (χ3v) is 4.15. The van der Waals surface area contributed by atoms with Gasteiger partial charge in [-0.1, -0.05) is 25.5 Å². The van der Waals surface area contributed by atoms with Crippen LogP contribution < -0.4 is 14.8 Å². The maximum atomic E-state index is 12.6. The van der Waals surface area contributed by atoms with Crippen LogP contribution in [0.5, 0.6) is 11.5 Å². The lowest BCUT2D eigenvalue weighted by Crippen LogP contribution is -2.53. The van der Waals surface area contributed by atoms with Crippen LogP contribution in [0, 0.1) is 0 Å². The highest BCUT2D eigenvalue weighted by atomic mass is 32.1. The first kappa shape index (κ1) is 20.6. The highest BCUT2D eigenvalue weighted by molar-refractivity contribution is 7.80. The van der Waals surface area contributed by atoms with E-state index in [1.165, 1.54) is 11.0 Å². The second-order valence-electron chi connectivity index (χ2n) is 5.86. The highest BCUT2D eigenvalue weighted by Crippen LogP contribution is 2.30. The Morgan fingerprint density at radius 1 is 1.22 bits per heavy atom. The average Bonchev–Trinajstić information content (AvgIpc) is 2.64. The van der Waals surface area contributed by atoms with Gasteiger partial charge in [0.25, 0.3) is 11.8 Å². The lowest BCUT2D eigenvalue weighted by Gasteiger charge is -2.27. The van der Waals surface area contributed by atoms with E-state index >= 15 is 0 Å². The molecule has 0 unspecified atom stereocenters. The molecule has 1 saturated heterocycles. The smallest absolute Gasteiger partial charge is 0.265 e. The van der Waals surface area contributed by atoms with Gasteiger partial charge in [0.1, 0.15) is 5.57 Å². The minimum absolute atomic E-state index is 0.00699. The van der Waals surface area contributed by atoms with Crippen molar-refractivity contribution in [2.75, 3.05) is 19.8 Å². The van der Waals surface area contributed by atoms with Crippen molar-refractivity contribution in [1.82, 2.24) is 10.2 Å². The standard InChI is InChI=1S/C20H24N2O4S/c1-4-7-11-26-16-9-8-14(13-17(16)25-6-3)12-15-18(23)21-20(27)22(10-5-2)19(15)24/h5,8-9,12-13H,2,4,6-7,10-11H2,1,3H3,(H,21,23,27)/b15-12+. The number of hydrogen-bond donors (Lipinski definition) is 1. The van der Waals surface area contributed by atoms with Gasteiger partial charge in [0, 0.05) is 6.54 Å². The number of thiocarbonyl (C=S) groups is 1. The predicted octanol–water partition coefficient (Wildman–Crippen LogP) is 3.08. The van der Waals surface area contributed by atoms with Crippen LogP contribution in [0.2, 0.25) is 0 Å². The number of unbranched alkanes of at least 4 members (excludes halogenated alkanes) is 1. The number of amides is 2. The minimum Gasteiger partial charge on any atom is -0.490 e. The Hall–Kier alpha value is -2.67. The van der Waals surface area contributed by atoms with E-state index in [9.17, 15) is 9.59 Å². The molecule has 7 heteroatoms. The molecule has 2 amide bonds. The summed E-state index contributed by atoms with van der Waals surface area (Å²) >= 11 is 5.05. The second kappa shape index (κ2) is 9.87. The van der Waals surface area contributed by atoms with Crippen molar-refractivity contribution in [1.29, 1.82) is 0 Å². The number of rotatable bonds is 9. The van der Waals surface area contributed by atoms with Crippen molar-refractivity contribution in [3.8, 4) is 11.5 Å². The zero-order chi connectivity index (χ0) is 19.8. The molecule has 0 radical (unpaired) electrons. The molecule has 0 aliphatic carbocycles. The molecule has 0 bridgehead atoms. The van der Waals surface area contributed by atoms with Crippen LogP contribution in [0.4, 0.5) is 0 Å². The summed E-state index contributed by atoms with van der Waals surface area (Å²) in [6.45, 7) is 8.89. The Labute approximate surface area is 164 Å². The van der Waals surface area contributed by atoms with Gasteiger partial charge < -0.3 is 9.47 Å². The van der Waals surface area contributed by atoms with Crippen LogP contribution >= 0.6 is 12.2 Å². The van der Waals surface area contributed by atoms with Gasteiger partial charge in [-0.2, -0.15) is 0 Å². The number of ether oxygens (including phenoxy) is 2. The lowest BCUT2D eigenvalue weighted by atomic mass is 10.1. The molecule has 27 heavy (non-hydrogen) atoms. The van der Waals surface area contributed by atoms with Crippen molar-refractivity contribution in [2.24, 2.45) is 0 Å². The van der Waals surface area contributed by atoms with E-state index in [1.807, 2.05) is 6.92 Å². The summed E-state index contributed by atoms with van der Waals surface area (Å²) in [5, 5.41) is 2.61. The molecular weight excluding hydrogens is 364 g/mol. The molecule has 0 spiro atoms. The third-order valence-electron chi connectivity index (χ3n) is 3.83. The zero-order valence-electron chi connectivity index (χ0n) is 15.6. The number of nitrogens with zero attached hydrogens (tertiary/aromatic N) is 1. The van der Waals surface area contributed by atoms with Crippen molar-refractivity contribution in [3.63, 3.8) is 0 Å². The van der Waals surface area contributed by atoms with Crippen LogP contribution in [0.25, 0.3) is 6.08 Å². The lowest BCUT2D eigenvalue weighted by molar-refractivity contribution is -0.128. The maximum absolute atomic E-state index is 12.6. The topological polar surface area (TPSA) is 67.9 Å². The molecule has 2 rings (SSSR count). The molecule has 0 saturated carbocycles. The molecular formula is C20H24N2O4S. The van der Waals surface area contributed by atoms with Gasteiger partial charge >= 0.3 is 0 Å². The van der Waals surface area contributed by atoms with Gasteiger partial charge in [-0.15, -0.1) is 6.58 Å². The van der Waals surface area contributed by atoms with E-state index in [0.717, 1.165) is 12.8 Å². The first-order chi connectivity index (χ1) is 13.0.